The maximum atomic E-state index is 10.6. The van der Waals surface area contributed by atoms with Gasteiger partial charge in [0.2, 0.25) is 0 Å². The summed E-state index contributed by atoms with van der Waals surface area (Å²) in [6, 6.07) is 11.7. The highest BCUT2D eigenvalue weighted by molar-refractivity contribution is 7.80. The Bertz CT molecular complexity index is 747. The van der Waals surface area contributed by atoms with Crippen LogP contribution in [0.3, 0.4) is 0 Å². The number of anilines is 1. The van der Waals surface area contributed by atoms with E-state index in [-0.39, 0.29) is 12.2 Å². The average molecular weight is 345 g/mol. The van der Waals surface area contributed by atoms with Crippen molar-refractivity contribution in [2.45, 2.75) is 20.0 Å². The van der Waals surface area contributed by atoms with E-state index >= 15 is 0 Å². The molecule has 2 aromatic rings. The average Bonchev–Trinajstić information content (AvgIpc) is 2.57. The molecule has 6 nitrogen and oxygen atoms in total. The fraction of sp³-hybridized carbons (Fsp3) is 0.235. The van der Waals surface area contributed by atoms with Gasteiger partial charge in [-0.3, -0.25) is 10.1 Å². The zero-order valence-corrected chi connectivity index (χ0v) is 14.3. The van der Waals surface area contributed by atoms with E-state index in [0.29, 0.717) is 10.7 Å². The second-order valence-electron chi connectivity index (χ2n) is 5.45. The summed E-state index contributed by atoms with van der Waals surface area (Å²) in [4.78, 5) is 10.2. The van der Waals surface area contributed by atoms with Gasteiger partial charge in [0.25, 0.3) is 5.69 Å². The van der Waals surface area contributed by atoms with Crippen molar-refractivity contribution in [3.63, 3.8) is 0 Å². The Kier molecular flexibility index (Phi) is 5.83. The van der Waals surface area contributed by atoms with Crippen molar-refractivity contribution in [3.05, 3.63) is 69.3 Å². The first-order chi connectivity index (χ1) is 11.4. The lowest BCUT2D eigenvalue weighted by Crippen LogP contribution is -2.32. The minimum Gasteiger partial charge on any atom is -0.387 e. The van der Waals surface area contributed by atoms with Crippen LogP contribution in [-0.4, -0.2) is 21.7 Å². The van der Waals surface area contributed by atoms with Gasteiger partial charge in [-0.25, -0.2) is 0 Å². The number of nitro benzene ring substituents is 1. The fourth-order valence-electron chi connectivity index (χ4n) is 2.18. The van der Waals surface area contributed by atoms with Crippen molar-refractivity contribution in [1.29, 1.82) is 0 Å². The van der Waals surface area contributed by atoms with Crippen molar-refractivity contribution in [2.75, 3.05) is 11.9 Å². The van der Waals surface area contributed by atoms with Gasteiger partial charge in [-0.1, -0.05) is 12.1 Å². The quantitative estimate of drug-likeness (QED) is 0.438. The van der Waals surface area contributed by atoms with Gasteiger partial charge in [-0.05, 0) is 61.0 Å². The molecule has 0 aliphatic rings. The Hall–Kier alpha value is -2.51. The summed E-state index contributed by atoms with van der Waals surface area (Å²) < 4.78 is 0. The molecule has 0 radical (unpaired) electrons. The largest absolute Gasteiger partial charge is 0.387 e. The predicted octanol–water partition coefficient (Wildman–Crippen LogP) is 3.23. The number of hydrogen-bond donors (Lipinski definition) is 3. The molecule has 7 heteroatoms. The van der Waals surface area contributed by atoms with Crippen LogP contribution < -0.4 is 10.6 Å². The molecule has 0 amide bonds. The number of nitro groups is 1. The van der Waals surface area contributed by atoms with Crippen LogP contribution >= 0.6 is 12.2 Å². The highest BCUT2D eigenvalue weighted by Crippen LogP contribution is 2.19. The van der Waals surface area contributed by atoms with Gasteiger partial charge < -0.3 is 15.7 Å². The number of benzene rings is 2. The zero-order valence-electron chi connectivity index (χ0n) is 13.4. The molecule has 0 saturated carbocycles. The molecule has 0 saturated heterocycles. The molecular formula is C17H19N3O3S. The van der Waals surface area contributed by atoms with Gasteiger partial charge in [0.05, 0.1) is 11.0 Å². The number of thiocarbonyl (C=S) groups is 1. The maximum Gasteiger partial charge on any atom is 0.269 e. The molecule has 3 N–H and O–H groups in total. The number of aliphatic hydroxyl groups is 1. The first kappa shape index (κ1) is 17.8. The monoisotopic (exact) mass is 345 g/mol. The second kappa shape index (κ2) is 7.85. The molecule has 0 heterocycles. The lowest BCUT2D eigenvalue weighted by molar-refractivity contribution is -0.384. The first-order valence-corrected chi connectivity index (χ1v) is 7.83. The normalized spacial score (nSPS) is 11.6. The van der Waals surface area contributed by atoms with E-state index in [0.717, 1.165) is 16.8 Å². The molecule has 0 aromatic heterocycles. The lowest BCUT2D eigenvalue weighted by Gasteiger charge is -2.16. The standard InChI is InChI=1S/C17H19N3O3S/c1-11-4-3-5-15(12(11)2)19-17(24)18-10-16(21)13-6-8-14(9-7-13)20(22)23/h3-9,16,21H,10H2,1-2H3,(H2,18,19,24)/t16-/m0/s1. The third-order valence-corrected chi connectivity index (χ3v) is 4.04. The van der Waals surface area contributed by atoms with Gasteiger partial charge >= 0.3 is 0 Å². The molecule has 0 fully saturated rings. The summed E-state index contributed by atoms with van der Waals surface area (Å²) in [6.07, 6.45) is -0.816. The third-order valence-electron chi connectivity index (χ3n) is 3.80. The summed E-state index contributed by atoms with van der Waals surface area (Å²) in [6.45, 7) is 4.23. The number of aryl methyl sites for hydroxylation is 1. The molecule has 126 valence electrons. The number of nitrogens with zero attached hydrogens (tertiary/aromatic N) is 1. The molecular weight excluding hydrogens is 326 g/mol. The Morgan fingerprint density at radius 1 is 1.25 bits per heavy atom. The van der Waals surface area contributed by atoms with E-state index in [1.54, 1.807) is 0 Å². The molecule has 2 aromatic carbocycles. The predicted molar refractivity (Wildman–Crippen MR) is 98.2 cm³/mol. The van der Waals surface area contributed by atoms with Gasteiger partial charge in [0.15, 0.2) is 5.11 Å². The minimum atomic E-state index is -0.816. The van der Waals surface area contributed by atoms with Crippen LogP contribution in [-0.2, 0) is 0 Å². The van der Waals surface area contributed by atoms with Crippen molar-refractivity contribution < 1.29 is 10.0 Å². The Labute approximate surface area is 145 Å². The number of nitrogens with one attached hydrogen (secondary N) is 2. The van der Waals surface area contributed by atoms with Crippen LogP contribution in [0, 0.1) is 24.0 Å². The molecule has 1 atom stereocenters. The molecule has 0 aliphatic carbocycles. The summed E-state index contributed by atoms with van der Waals surface area (Å²) in [5.74, 6) is 0. The van der Waals surface area contributed by atoms with Crippen molar-refractivity contribution in [3.8, 4) is 0 Å². The van der Waals surface area contributed by atoms with E-state index in [1.165, 1.54) is 24.3 Å². The van der Waals surface area contributed by atoms with E-state index < -0.39 is 11.0 Å². The zero-order chi connectivity index (χ0) is 17.7. The highest BCUT2D eigenvalue weighted by atomic mass is 32.1. The minimum absolute atomic E-state index is 0.00832. The van der Waals surface area contributed by atoms with E-state index in [9.17, 15) is 15.2 Å². The van der Waals surface area contributed by atoms with Crippen molar-refractivity contribution in [1.82, 2.24) is 5.32 Å². The smallest absolute Gasteiger partial charge is 0.269 e. The van der Waals surface area contributed by atoms with Crippen molar-refractivity contribution >= 4 is 28.7 Å². The second-order valence-corrected chi connectivity index (χ2v) is 5.86. The van der Waals surface area contributed by atoms with E-state index in [1.807, 2.05) is 32.0 Å². The lowest BCUT2D eigenvalue weighted by atomic mass is 10.1. The molecule has 0 unspecified atom stereocenters. The van der Waals surface area contributed by atoms with Gasteiger partial charge in [0.1, 0.15) is 0 Å². The van der Waals surface area contributed by atoms with E-state index in [4.69, 9.17) is 12.2 Å². The van der Waals surface area contributed by atoms with Crippen LogP contribution in [0.1, 0.15) is 22.8 Å². The molecule has 24 heavy (non-hydrogen) atoms. The molecule has 0 aliphatic heterocycles. The van der Waals surface area contributed by atoms with Crippen LogP contribution in [0.5, 0.6) is 0 Å². The summed E-state index contributed by atoms with van der Waals surface area (Å²) in [5, 5.41) is 27.2. The Balaban J connectivity index is 1.91. The maximum absolute atomic E-state index is 10.6. The summed E-state index contributed by atoms with van der Waals surface area (Å²) in [5.41, 5.74) is 3.76. The molecule has 2 rings (SSSR count). The summed E-state index contributed by atoms with van der Waals surface area (Å²) in [7, 11) is 0. The van der Waals surface area contributed by atoms with Gasteiger partial charge in [-0.2, -0.15) is 0 Å². The number of hydrogen-bond acceptors (Lipinski definition) is 4. The topological polar surface area (TPSA) is 87.4 Å². The third kappa shape index (κ3) is 4.50. The van der Waals surface area contributed by atoms with Crippen LogP contribution in [0.4, 0.5) is 11.4 Å². The van der Waals surface area contributed by atoms with Gasteiger partial charge in [0, 0.05) is 24.4 Å². The Morgan fingerprint density at radius 2 is 1.92 bits per heavy atom. The van der Waals surface area contributed by atoms with Gasteiger partial charge in [-0.15, -0.1) is 0 Å². The number of aliphatic hydroxyl groups excluding tert-OH is 1. The SMILES string of the molecule is Cc1cccc(NC(=S)NC[C@H](O)c2ccc([N+](=O)[O-])cc2)c1C. The first-order valence-electron chi connectivity index (χ1n) is 7.42. The summed E-state index contributed by atoms with van der Waals surface area (Å²) >= 11 is 5.24. The Morgan fingerprint density at radius 3 is 2.54 bits per heavy atom. The van der Waals surface area contributed by atoms with Crippen LogP contribution in [0.15, 0.2) is 42.5 Å². The van der Waals surface area contributed by atoms with E-state index in [2.05, 4.69) is 10.6 Å². The molecule has 0 bridgehead atoms. The van der Waals surface area contributed by atoms with Crippen LogP contribution in [0.2, 0.25) is 0 Å². The number of non-ortho nitro benzene ring substituents is 1. The highest BCUT2D eigenvalue weighted by Gasteiger charge is 2.11. The van der Waals surface area contributed by atoms with Crippen LogP contribution in [0.25, 0.3) is 0 Å². The molecule has 0 spiro atoms. The number of rotatable bonds is 5. The van der Waals surface area contributed by atoms with Crippen molar-refractivity contribution in [2.24, 2.45) is 0 Å². The fourth-order valence-corrected chi connectivity index (χ4v) is 2.37.